The lowest BCUT2D eigenvalue weighted by molar-refractivity contribution is 0.710. The molecule has 3 rings (SSSR count). The number of hydrogen-bond acceptors (Lipinski definition) is 2. The van der Waals surface area contributed by atoms with Crippen LogP contribution in [0.3, 0.4) is 0 Å². The number of benzene rings is 1. The van der Waals surface area contributed by atoms with E-state index in [1.54, 1.807) is 6.07 Å². The molecule has 1 saturated carbocycles. The Morgan fingerprint density at radius 3 is 2.75 bits per heavy atom. The lowest BCUT2D eigenvalue weighted by Gasteiger charge is -2.14. The predicted octanol–water partition coefficient (Wildman–Crippen LogP) is 1.80. The van der Waals surface area contributed by atoms with Crippen molar-refractivity contribution in [1.29, 1.82) is 0 Å². The molecule has 0 atom stereocenters. The van der Waals surface area contributed by atoms with Crippen molar-refractivity contribution in [3.05, 3.63) is 46.2 Å². The Kier molecular flexibility index (Phi) is 2.07. The van der Waals surface area contributed by atoms with Gasteiger partial charge in [-0.25, -0.2) is 0 Å². The summed E-state index contributed by atoms with van der Waals surface area (Å²) in [6.45, 7) is 0.427. The van der Waals surface area contributed by atoms with Gasteiger partial charge in [0.15, 0.2) is 5.43 Å². The second kappa shape index (κ2) is 3.46. The van der Waals surface area contributed by atoms with Crippen molar-refractivity contribution < 1.29 is 0 Å². The summed E-state index contributed by atoms with van der Waals surface area (Å²) in [5.74, 6) is 0. The van der Waals surface area contributed by atoms with E-state index in [0.29, 0.717) is 12.6 Å². The fourth-order valence-corrected chi connectivity index (χ4v) is 2.27. The first-order chi connectivity index (χ1) is 7.81. The molecule has 3 nitrogen and oxygen atoms in total. The Bertz CT molecular complexity index is 596. The summed E-state index contributed by atoms with van der Waals surface area (Å²) in [6, 6.07) is 10.00. The maximum absolute atomic E-state index is 11.9. The molecule has 1 heterocycles. The largest absolute Gasteiger partial charge is 0.340 e. The molecular weight excluding hydrogens is 200 g/mol. The van der Waals surface area contributed by atoms with E-state index >= 15 is 0 Å². The first kappa shape index (κ1) is 9.60. The summed E-state index contributed by atoms with van der Waals surface area (Å²) in [7, 11) is 0. The average molecular weight is 214 g/mol. The van der Waals surface area contributed by atoms with Crippen LogP contribution in [0.2, 0.25) is 0 Å². The highest BCUT2D eigenvalue weighted by Gasteiger charge is 2.26. The van der Waals surface area contributed by atoms with E-state index in [2.05, 4.69) is 4.57 Å². The van der Waals surface area contributed by atoms with Crippen LogP contribution < -0.4 is 11.2 Å². The standard InChI is InChI=1S/C13H14N2O/c14-8-10-7-13(16)11-3-1-2-4-12(11)15(10)9-5-6-9/h1-4,7,9H,5-6,8,14H2. The summed E-state index contributed by atoms with van der Waals surface area (Å²) in [5, 5.41) is 0.798. The van der Waals surface area contributed by atoms with Crippen LogP contribution in [0.4, 0.5) is 0 Å². The van der Waals surface area contributed by atoms with Crippen LogP contribution in [0, 0.1) is 0 Å². The van der Waals surface area contributed by atoms with E-state index in [-0.39, 0.29) is 5.43 Å². The minimum atomic E-state index is 0.0768. The molecule has 16 heavy (non-hydrogen) atoms. The fourth-order valence-electron chi connectivity index (χ4n) is 2.27. The highest BCUT2D eigenvalue weighted by molar-refractivity contribution is 5.79. The molecule has 1 aromatic carbocycles. The lowest BCUT2D eigenvalue weighted by atomic mass is 10.1. The van der Waals surface area contributed by atoms with E-state index < -0.39 is 0 Å². The topological polar surface area (TPSA) is 48.0 Å². The number of rotatable bonds is 2. The molecule has 2 N–H and O–H groups in total. The van der Waals surface area contributed by atoms with Crippen molar-refractivity contribution in [2.24, 2.45) is 5.73 Å². The van der Waals surface area contributed by atoms with Crippen molar-refractivity contribution in [2.75, 3.05) is 0 Å². The molecule has 1 fully saturated rings. The first-order valence-electron chi connectivity index (χ1n) is 5.64. The third-order valence-corrected chi connectivity index (χ3v) is 3.16. The SMILES string of the molecule is NCc1cc(=O)c2ccccc2n1C1CC1. The number of fused-ring (bicyclic) bond motifs is 1. The lowest BCUT2D eigenvalue weighted by Crippen LogP contribution is -2.16. The predicted molar refractivity (Wildman–Crippen MR) is 64.4 cm³/mol. The van der Waals surface area contributed by atoms with Gasteiger partial charge < -0.3 is 10.3 Å². The summed E-state index contributed by atoms with van der Waals surface area (Å²) in [5.41, 5.74) is 7.77. The summed E-state index contributed by atoms with van der Waals surface area (Å²) in [6.07, 6.45) is 2.39. The Labute approximate surface area is 93.5 Å². The molecule has 3 heteroatoms. The molecule has 0 amide bonds. The van der Waals surface area contributed by atoms with Gasteiger partial charge in [-0.15, -0.1) is 0 Å². The second-order valence-electron chi connectivity index (χ2n) is 4.32. The minimum absolute atomic E-state index is 0.0768. The summed E-state index contributed by atoms with van der Waals surface area (Å²) >= 11 is 0. The molecule has 1 aliphatic carbocycles. The van der Waals surface area contributed by atoms with Gasteiger partial charge in [0.2, 0.25) is 0 Å². The quantitative estimate of drug-likeness (QED) is 0.828. The van der Waals surface area contributed by atoms with Crippen molar-refractivity contribution >= 4 is 10.9 Å². The van der Waals surface area contributed by atoms with Crippen LogP contribution in [-0.4, -0.2) is 4.57 Å². The molecule has 0 unspecified atom stereocenters. The molecule has 0 saturated heterocycles. The summed E-state index contributed by atoms with van der Waals surface area (Å²) < 4.78 is 2.23. The zero-order chi connectivity index (χ0) is 11.1. The van der Waals surface area contributed by atoms with Crippen molar-refractivity contribution in [2.45, 2.75) is 25.4 Å². The maximum atomic E-state index is 11.9. The van der Waals surface area contributed by atoms with Gasteiger partial charge >= 0.3 is 0 Å². The van der Waals surface area contributed by atoms with Crippen LogP contribution in [0.1, 0.15) is 24.6 Å². The Morgan fingerprint density at radius 1 is 1.31 bits per heavy atom. The van der Waals surface area contributed by atoms with Gasteiger partial charge in [-0.1, -0.05) is 12.1 Å². The molecule has 82 valence electrons. The Morgan fingerprint density at radius 2 is 2.06 bits per heavy atom. The molecular formula is C13H14N2O. The zero-order valence-electron chi connectivity index (χ0n) is 9.02. The molecule has 0 radical (unpaired) electrons. The van der Waals surface area contributed by atoms with Gasteiger partial charge in [0.25, 0.3) is 0 Å². The van der Waals surface area contributed by atoms with Gasteiger partial charge in [-0.2, -0.15) is 0 Å². The molecule has 0 aliphatic heterocycles. The molecule has 0 bridgehead atoms. The van der Waals surface area contributed by atoms with Crippen molar-refractivity contribution in [3.8, 4) is 0 Å². The van der Waals surface area contributed by atoms with E-state index in [0.717, 1.165) is 16.6 Å². The Hall–Kier alpha value is -1.61. The second-order valence-corrected chi connectivity index (χ2v) is 4.32. The van der Waals surface area contributed by atoms with Gasteiger partial charge in [0.05, 0.1) is 5.52 Å². The minimum Gasteiger partial charge on any atom is -0.340 e. The zero-order valence-corrected chi connectivity index (χ0v) is 9.02. The normalized spacial score (nSPS) is 15.6. The fraction of sp³-hybridized carbons (Fsp3) is 0.308. The monoisotopic (exact) mass is 214 g/mol. The van der Waals surface area contributed by atoms with E-state index in [4.69, 9.17) is 5.73 Å². The molecule has 1 aliphatic rings. The van der Waals surface area contributed by atoms with Crippen LogP contribution in [0.5, 0.6) is 0 Å². The highest BCUT2D eigenvalue weighted by Crippen LogP contribution is 2.37. The number of nitrogens with zero attached hydrogens (tertiary/aromatic N) is 1. The number of aromatic nitrogens is 1. The molecule has 0 spiro atoms. The first-order valence-corrected chi connectivity index (χ1v) is 5.64. The third-order valence-electron chi connectivity index (χ3n) is 3.16. The number of para-hydroxylation sites is 1. The maximum Gasteiger partial charge on any atom is 0.189 e. The number of nitrogens with two attached hydrogens (primary N) is 1. The van der Waals surface area contributed by atoms with Crippen molar-refractivity contribution in [1.82, 2.24) is 4.57 Å². The van der Waals surface area contributed by atoms with E-state index in [1.165, 1.54) is 12.8 Å². The highest BCUT2D eigenvalue weighted by atomic mass is 16.1. The van der Waals surface area contributed by atoms with Gasteiger partial charge in [-0.3, -0.25) is 4.79 Å². The van der Waals surface area contributed by atoms with Gasteiger partial charge in [0, 0.05) is 29.7 Å². The van der Waals surface area contributed by atoms with Crippen LogP contribution in [0.15, 0.2) is 35.1 Å². The van der Waals surface area contributed by atoms with Crippen LogP contribution in [0.25, 0.3) is 10.9 Å². The van der Waals surface area contributed by atoms with E-state index in [9.17, 15) is 4.79 Å². The number of hydrogen-bond donors (Lipinski definition) is 1. The Balaban J connectivity index is 2.42. The average Bonchev–Trinajstić information content (AvgIpc) is 3.13. The molecule has 2 aromatic rings. The molecule has 1 aromatic heterocycles. The van der Waals surface area contributed by atoms with Crippen molar-refractivity contribution in [3.63, 3.8) is 0 Å². The number of pyridine rings is 1. The van der Waals surface area contributed by atoms with Crippen LogP contribution >= 0.6 is 0 Å². The smallest absolute Gasteiger partial charge is 0.189 e. The van der Waals surface area contributed by atoms with E-state index in [1.807, 2.05) is 24.3 Å². The van der Waals surface area contributed by atoms with Gasteiger partial charge in [-0.05, 0) is 25.0 Å². The summed E-state index contributed by atoms with van der Waals surface area (Å²) in [4.78, 5) is 11.9. The van der Waals surface area contributed by atoms with Crippen LogP contribution in [-0.2, 0) is 6.54 Å². The van der Waals surface area contributed by atoms with Gasteiger partial charge in [0.1, 0.15) is 0 Å². The third kappa shape index (κ3) is 1.36.